The predicted octanol–water partition coefficient (Wildman–Crippen LogP) is 0.948. The van der Waals surface area contributed by atoms with Gasteiger partial charge < -0.3 is 19.7 Å². The zero-order valence-electron chi connectivity index (χ0n) is 10.6. The van der Waals surface area contributed by atoms with Crippen molar-refractivity contribution in [1.82, 2.24) is 0 Å². The van der Waals surface area contributed by atoms with Gasteiger partial charge in [0.1, 0.15) is 6.10 Å². The van der Waals surface area contributed by atoms with Crippen molar-refractivity contribution in [3.63, 3.8) is 0 Å². The molecule has 1 aliphatic rings. The lowest BCUT2D eigenvalue weighted by Crippen LogP contribution is -2.32. The Labute approximate surface area is 97.6 Å². The van der Waals surface area contributed by atoms with Gasteiger partial charge in [0, 0.05) is 0 Å². The highest BCUT2D eigenvalue weighted by Crippen LogP contribution is 2.29. The first-order chi connectivity index (χ1) is 7.33. The standard InChI is InChI=1S/C12H24O4/c1-8-5-10(9(14)6-13)16-11(8)7-15-12(2,3)4/h8-11,13-14H,5-7H2,1-4H3/t8-,9?,10+,11+/m1/s1. The summed E-state index contributed by atoms with van der Waals surface area (Å²) in [6, 6.07) is 0. The molecule has 1 aliphatic heterocycles. The van der Waals surface area contributed by atoms with Crippen LogP contribution in [0, 0.1) is 5.92 Å². The minimum atomic E-state index is -0.776. The smallest absolute Gasteiger partial charge is 0.103 e. The number of hydrogen-bond donors (Lipinski definition) is 2. The van der Waals surface area contributed by atoms with E-state index >= 15 is 0 Å². The number of ether oxygens (including phenoxy) is 2. The first-order valence-electron chi connectivity index (χ1n) is 5.92. The van der Waals surface area contributed by atoms with E-state index in [2.05, 4.69) is 6.92 Å². The van der Waals surface area contributed by atoms with Crippen LogP contribution in [-0.2, 0) is 9.47 Å². The lowest BCUT2D eigenvalue weighted by atomic mass is 10.00. The Morgan fingerprint density at radius 3 is 2.56 bits per heavy atom. The third kappa shape index (κ3) is 4.01. The Morgan fingerprint density at radius 2 is 2.06 bits per heavy atom. The molecule has 96 valence electrons. The van der Waals surface area contributed by atoms with E-state index in [-0.39, 0.29) is 24.4 Å². The molecule has 0 aromatic rings. The van der Waals surface area contributed by atoms with Crippen molar-refractivity contribution in [2.45, 2.75) is 58.0 Å². The van der Waals surface area contributed by atoms with Gasteiger partial charge in [0.15, 0.2) is 0 Å². The largest absolute Gasteiger partial charge is 0.394 e. The van der Waals surface area contributed by atoms with Crippen LogP contribution in [0.4, 0.5) is 0 Å². The van der Waals surface area contributed by atoms with Crippen molar-refractivity contribution in [2.24, 2.45) is 5.92 Å². The molecule has 1 saturated heterocycles. The Kier molecular flexibility index (Phi) is 4.73. The average molecular weight is 232 g/mol. The first kappa shape index (κ1) is 13.9. The molecule has 1 fully saturated rings. The molecule has 0 saturated carbocycles. The highest BCUT2D eigenvalue weighted by molar-refractivity contribution is 4.84. The second-order valence-electron chi connectivity index (χ2n) is 5.60. The molecule has 0 amide bonds. The molecule has 0 aromatic heterocycles. The van der Waals surface area contributed by atoms with Crippen molar-refractivity contribution in [3.8, 4) is 0 Å². The summed E-state index contributed by atoms with van der Waals surface area (Å²) >= 11 is 0. The SMILES string of the molecule is C[C@@H]1C[C@@H](C(O)CO)O[C@H]1COC(C)(C)C. The molecule has 0 spiro atoms. The van der Waals surface area contributed by atoms with Crippen molar-refractivity contribution in [3.05, 3.63) is 0 Å². The number of aliphatic hydroxyl groups excluding tert-OH is 2. The van der Waals surface area contributed by atoms with Crippen LogP contribution in [0.2, 0.25) is 0 Å². The highest BCUT2D eigenvalue weighted by atomic mass is 16.6. The molecule has 1 rings (SSSR count). The number of aliphatic hydroxyl groups is 2. The predicted molar refractivity (Wildman–Crippen MR) is 61.2 cm³/mol. The Bertz CT molecular complexity index is 212. The third-order valence-electron chi connectivity index (χ3n) is 2.89. The van der Waals surface area contributed by atoms with E-state index in [0.29, 0.717) is 12.5 Å². The lowest BCUT2D eigenvalue weighted by Gasteiger charge is -2.24. The van der Waals surface area contributed by atoms with Gasteiger partial charge in [0.05, 0.1) is 31.0 Å². The summed E-state index contributed by atoms with van der Waals surface area (Å²) in [5.74, 6) is 0.355. The van der Waals surface area contributed by atoms with Crippen LogP contribution in [0.1, 0.15) is 34.1 Å². The molecule has 4 heteroatoms. The zero-order chi connectivity index (χ0) is 12.3. The van der Waals surface area contributed by atoms with Gasteiger partial charge in [-0.15, -0.1) is 0 Å². The van der Waals surface area contributed by atoms with Crippen LogP contribution in [0.3, 0.4) is 0 Å². The normalized spacial score (nSPS) is 33.0. The van der Waals surface area contributed by atoms with E-state index in [4.69, 9.17) is 14.6 Å². The summed E-state index contributed by atoms with van der Waals surface area (Å²) in [6.07, 6.45) is -0.235. The van der Waals surface area contributed by atoms with E-state index in [1.807, 2.05) is 20.8 Å². The summed E-state index contributed by atoms with van der Waals surface area (Å²) in [4.78, 5) is 0. The topological polar surface area (TPSA) is 58.9 Å². The molecule has 0 aliphatic carbocycles. The Balaban J connectivity index is 2.39. The maximum atomic E-state index is 9.51. The highest BCUT2D eigenvalue weighted by Gasteiger charge is 2.36. The van der Waals surface area contributed by atoms with Gasteiger partial charge in [-0.25, -0.2) is 0 Å². The fraction of sp³-hybridized carbons (Fsp3) is 1.00. The minimum Gasteiger partial charge on any atom is -0.394 e. The van der Waals surface area contributed by atoms with E-state index in [0.717, 1.165) is 6.42 Å². The average Bonchev–Trinajstić information content (AvgIpc) is 2.54. The van der Waals surface area contributed by atoms with Gasteiger partial charge in [0.2, 0.25) is 0 Å². The van der Waals surface area contributed by atoms with Crippen LogP contribution in [0.15, 0.2) is 0 Å². The van der Waals surface area contributed by atoms with Crippen LogP contribution >= 0.6 is 0 Å². The maximum absolute atomic E-state index is 9.51. The van der Waals surface area contributed by atoms with Gasteiger partial charge in [-0.1, -0.05) is 6.92 Å². The molecular formula is C12H24O4. The molecule has 0 radical (unpaired) electrons. The van der Waals surface area contributed by atoms with Crippen LogP contribution in [-0.4, -0.2) is 47.3 Å². The first-order valence-corrected chi connectivity index (χ1v) is 5.92. The van der Waals surface area contributed by atoms with E-state index in [9.17, 15) is 5.11 Å². The summed E-state index contributed by atoms with van der Waals surface area (Å²) in [6.45, 7) is 8.40. The van der Waals surface area contributed by atoms with E-state index < -0.39 is 6.10 Å². The second kappa shape index (κ2) is 5.45. The lowest BCUT2D eigenvalue weighted by molar-refractivity contribution is -0.102. The van der Waals surface area contributed by atoms with Crippen molar-refractivity contribution >= 4 is 0 Å². The summed E-state index contributed by atoms with van der Waals surface area (Å²) in [7, 11) is 0. The maximum Gasteiger partial charge on any atom is 0.103 e. The fourth-order valence-electron chi connectivity index (χ4n) is 1.83. The number of rotatable bonds is 4. The summed E-state index contributed by atoms with van der Waals surface area (Å²) in [5.41, 5.74) is -0.170. The second-order valence-corrected chi connectivity index (χ2v) is 5.60. The Hall–Kier alpha value is -0.160. The van der Waals surface area contributed by atoms with Crippen molar-refractivity contribution in [2.75, 3.05) is 13.2 Å². The molecule has 4 nitrogen and oxygen atoms in total. The van der Waals surface area contributed by atoms with E-state index in [1.54, 1.807) is 0 Å². The van der Waals surface area contributed by atoms with E-state index in [1.165, 1.54) is 0 Å². The van der Waals surface area contributed by atoms with Crippen molar-refractivity contribution in [1.29, 1.82) is 0 Å². The van der Waals surface area contributed by atoms with Crippen LogP contribution < -0.4 is 0 Å². The molecule has 0 bridgehead atoms. The number of hydrogen-bond acceptors (Lipinski definition) is 4. The van der Waals surface area contributed by atoms with Gasteiger partial charge in [-0.2, -0.15) is 0 Å². The van der Waals surface area contributed by atoms with Gasteiger partial charge in [-0.05, 0) is 33.1 Å². The fourth-order valence-corrected chi connectivity index (χ4v) is 1.83. The van der Waals surface area contributed by atoms with Gasteiger partial charge >= 0.3 is 0 Å². The minimum absolute atomic E-state index is 0.0189. The zero-order valence-corrected chi connectivity index (χ0v) is 10.6. The monoisotopic (exact) mass is 232 g/mol. The van der Waals surface area contributed by atoms with Crippen LogP contribution in [0.25, 0.3) is 0 Å². The van der Waals surface area contributed by atoms with Crippen LogP contribution in [0.5, 0.6) is 0 Å². The quantitative estimate of drug-likeness (QED) is 0.757. The molecule has 2 N–H and O–H groups in total. The summed E-state index contributed by atoms with van der Waals surface area (Å²) in [5, 5.41) is 18.4. The van der Waals surface area contributed by atoms with Gasteiger partial charge in [-0.3, -0.25) is 0 Å². The van der Waals surface area contributed by atoms with Gasteiger partial charge in [0.25, 0.3) is 0 Å². The third-order valence-corrected chi connectivity index (χ3v) is 2.89. The summed E-state index contributed by atoms with van der Waals surface area (Å²) < 4.78 is 11.4. The molecular weight excluding hydrogens is 208 g/mol. The Morgan fingerprint density at radius 1 is 1.44 bits per heavy atom. The molecule has 0 aromatic carbocycles. The molecule has 4 atom stereocenters. The molecule has 1 unspecified atom stereocenters. The molecule has 16 heavy (non-hydrogen) atoms. The molecule has 1 heterocycles. The van der Waals surface area contributed by atoms with Crippen molar-refractivity contribution < 1.29 is 19.7 Å².